The van der Waals surface area contributed by atoms with Crippen LogP contribution in [0.15, 0.2) is 16.6 Å². The van der Waals surface area contributed by atoms with Gasteiger partial charge in [-0.1, -0.05) is 0 Å². The molecule has 0 aliphatic carbocycles. The van der Waals surface area contributed by atoms with E-state index >= 15 is 0 Å². The molecule has 1 rings (SSSR count). The van der Waals surface area contributed by atoms with Crippen LogP contribution in [0.4, 0.5) is 4.39 Å². The van der Waals surface area contributed by atoms with Crippen LogP contribution in [-0.2, 0) is 0 Å². The van der Waals surface area contributed by atoms with E-state index in [1.165, 1.54) is 12.1 Å². The molecule has 12 heavy (non-hydrogen) atoms. The van der Waals surface area contributed by atoms with Gasteiger partial charge in [0.05, 0.1) is 10.0 Å². The van der Waals surface area contributed by atoms with Gasteiger partial charge in [0.1, 0.15) is 5.82 Å². The van der Waals surface area contributed by atoms with Crippen LogP contribution in [0.5, 0.6) is 0 Å². The Bertz CT molecular complexity index is 342. The zero-order chi connectivity index (χ0) is 9.30. The van der Waals surface area contributed by atoms with Gasteiger partial charge in [-0.3, -0.25) is 4.79 Å². The third-order valence-corrected chi connectivity index (χ3v) is 2.84. The predicted molar refractivity (Wildman–Crippen MR) is 57.0 cm³/mol. The Morgan fingerprint density at radius 3 is 2.67 bits per heavy atom. The van der Waals surface area contributed by atoms with Gasteiger partial charge in [0.2, 0.25) is 0 Å². The van der Waals surface area contributed by atoms with Crippen LogP contribution in [0.2, 0.25) is 0 Å². The molecule has 64 valence electrons. The minimum atomic E-state index is -0.667. The van der Waals surface area contributed by atoms with Crippen molar-refractivity contribution in [3.05, 3.63) is 31.6 Å². The maximum absolute atomic E-state index is 12.9. The maximum Gasteiger partial charge on any atom is 0.253 e. The molecule has 0 aliphatic rings. The molecule has 0 saturated heterocycles. The molecule has 0 heterocycles. The molecule has 5 heteroatoms. The van der Waals surface area contributed by atoms with Gasteiger partial charge in [0.15, 0.2) is 0 Å². The summed E-state index contributed by atoms with van der Waals surface area (Å²) in [7, 11) is 0. The van der Waals surface area contributed by atoms with Crippen molar-refractivity contribution in [1.29, 1.82) is 0 Å². The highest BCUT2D eigenvalue weighted by Crippen LogP contribution is 2.24. The molecule has 0 atom stereocenters. The summed E-state index contributed by atoms with van der Waals surface area (Å²) in [4.78, 5) is 10.7. The van der Waals surface area contributed by atoms with Crippen LogP contribution in [0, 0.1) is 9.39 Å². The summed E-state index contributed by atoms with van der Waals surface area (Å²) in [5.41, 5.74) is 0.154. The van der Waals surface area contributed by atoms with Crippen LogP contribution in [-0.4, -0.2) is 5.24 Å². The quantitative estimate of drug-likeness (QED) is 0.424. The molecule has 0 unspecified atom stereocenters. The van der Waals surface area contributed by atoms with Gasteiger partial charge in [-0.25, -0.2) is 4.39 Å². The minimum absolute atomic E-state index is 0.114. The van der Waals surface area contributed by atoms with E-state index in [0.29, 0.717) is 3.57 Å². The van der Waals surface area contributed by atoms with Gasteiger partial charge in [-0.2, -0.15) is 0 Å². The first-order valence-corrected chi connectivity index (χ1v) is 5.11. The molecule has 0 aromatic heterocycles. The predicted octanol–water partition coefficient (Wildman–Crippen LogP) is 3.57. The molecule has 0 amide bonds. The van der Waals surface area contributed by atoms with Crippen LogP contribution in [0.25, 0.3) is 0 Å². The largest absolute Gasteiger partial charge is 0.276 e. The molecule has 0 radical (unpaired) electrons. The lowest BCUT2D eigenvalue weighted by molar-refractivity contribution is 0.108. The minimum Gasteiger partial charge on any atom is -0.276 e. The van der Waals surface area contributed by atoms with Crippen molar-refractivity contribution >= 4 is 55.4 Å². The lowest BCUT2D eigenvalue weighted by Crippen LogP contribution is -1.94. The second kappa shape index (κ2) is 4.02. The smallest absolute Gasteiger partial charge is 0.253 e. The first-order chi connectivity index (χ1) is 5.52. The Kier molecular flexibility index (Phi) is 3.48. The average Bonchev–Trinajstić information content (AvgIpc) is 1.96. The number of halogens is 4. The van der Waals surface area contributed by atoms with Crippen LogP contribution in [0.3, 0.4) is 0 Å². The lowest BCUT2D eigenvalue weighted by Gasteiger charge is -2.00. The summed E-state index contributed by atoms with van der Waals surface area (Å²) in [6.07, 6.45) is 0. The molecule has 0 aliphatic heterocycles. The Morgan fingerprint density at radius 2 is 2.17 bits per heavy atom. The Balaban J connectivity index is 3.37. The van der Waals surface area contributed by atoms with Crippen molar-refractivity contribution in [3.63, 3.8) is 0 Å². The topological polar surface area (TPSA) is 17.1 Å². The van der Waals surface area contributed by atoms with E-state index in [-0.39, 0.29) is 10.0 Å². The van der Waals surface area contributed by atoms with Crippen molar-refractivity contribution in [2.45, 2.75) is 0 Å². The summed E-state index contributed by atoms with van der Waals surface area (Å²) in [5, 5.41) is -0.667. The third-order valence-electron chi connectivity index (χ3n) is 1.20. The zero-order valence-corrected chi connectivity index (χ0v) is 10.1. The van der Waals surface area contributed by atoms with Gasteiger partial charge in [-0.05, 0) is 62.3 Å². The van der Waals surface area contributed by atoms with E-state index in [2.05, 4.69) is 15.9 Å². The summed E-state index contributed by atoms with van der Waals surface area (Å²) >= 11 is 10.1. The van der Waals surface area contributed by atoms with E-state index < -0.39 is 11.1 Å². The van der Waals surface area contributed by atoms with E-state index in [0.717, 1.165) is 0 Å². The van der Waals surface area contributed by atoms with Crippen LogP contribution >= 0.6 is 50.1 Å². The van der Waals surface area contributed by atoms with E-state index in [1.54, 1.807) is 0 Å². The van der Waals surface area contributed by atoms with Crippen molar-refractivity contribution in [1.82, 2.24) is 0 Å². The number of carbonyl (C=O) groups is 1. The monoisotopic (exact) mass is 362 g/mol. The molecule has 1 aromatic carbocycles. The van der Waals surface area contributed by atoms with E-state index in [9.17, 15) is 9.18 Å². The highest BCUT2D eigenvalue weighted by atomic mass is 127. The lowest BCUT2D eigenvalue weighted by atomic mass is 10.2. The van der Waals surface area contributed by atoms with Crippen molar-refractivity contribution in [3.8, 4) is 0 Å². The first-order valence-electron chi connectivity index (χ1n) is 2.86. The molecular weight excluding hydrogens is 361 g/mol. The summed E-state index contributed by atoms with van der Waals surface area (Å²) in [6, 6.07) is 2.83. The highest BCUT2D eigenvalue weighted by Gasteiger charge is 2.12. The average molecular weight is 363 g/mol. The normalized spacial score (nSPS) is 10.0. The number of hydrogen-bond acceptors (Lipinski definition) is 1. The summed E-state index contributed by atoms with van der Waals surface area (Å²) in [6.45, 7) is 0. The van der Waals surface area contributed by atoms with Gasteiger partial charge in [0, 0.05) is 3.57 Å². The molecule has 0 N–H and O–H groups in total. The van der Waals surface area contributed by atoms with Gasteiger partial charge < -0.3 is 0 Å². The molecule has 0 spiro atoms. The number of benzene rings is 1. The zero-order valence-electron chi connectivity index (χ0n) is 5.57. The molecule has 0 saturated carbocycles. The summed E-state index contributed by atoms with van der Waals surface area (Å²) < 4.78 is 13.7. The fraction of sp³-hybridized carbons (Fsp3) is 0. The molecule has 1 nitrogen and oxygen atoms in total. The Morgan fingerprint density at radius 1 is 1.58 bits per heavy atom. The van der Waals surface area contributed by atoms with Gasteiger partial charge in [0.25, 0.3) is 5.24 Å². The number of rotatable bonds is 1. The standard InChI is InChI=1S/C7H2BrClFIO/c8-6-4(7(9)12)1-3(11)2-5(6)10/h1-2H. The molecule has 0 fully saturated rings. The van der Waals surface area contributed by atoms with Crippen molar-refractivity contribution in [2.75, 3.05) is 0 Å². The van der Waals surface area contributed by atoms with Crippen LogP contribution in [0.1, 0.15) is 10.4 Å². The highest BCUT2D eigenvalue weighted by molar-refractivity contribution is 14.1. The second-order valence-corrected chi connectivity index (χ2v) is 4.40. The molecule has 0 bridgehead atoms. The third kappa shape index (κ3) is 2.17. The van der Waals surface area contributed by atoms with E-state index in [4.69, 9.17) is 11.6 Å². The molecule has 1 aromatic rings. The fourth-order valence-corrected chi connectivity index (χ4v) is 1.96. The number of hydrogen-bond donors (Lipinski definition) is 0. The van der Waals surface area contributed by atoms with Crippen molar-refractivity contribution in [2.24, 2.45) is 0 Å². The first kappa shape index (κ1) is 10.4. The fourth-order valence-electron chi connectivity index (χ4n) is 0.699. The second-order valence-electron chi connectivity index (χ2n) is 2.02. The SMILES string of the molecule is O=C(Cl)c1cc(I)cc(F)c1Br. The van der Waals surface area contributed by atoms with Gasteiger partial charge in [-0.15, -0.1) is 0 Å². The van der Waals surface area contributed by atoms with E-state index in [1.807, 2.05) is 22.6 Å². The molecular formula is C7H2BrClFIO. The maximum atomic E-state index is 12.9. The Hall–Kier alpha value is 0.320. The summed E-state index contributed by atoms with van der Waals surface area (Å²) in [5.74, 6) is -0.481. The van der Waals surface area contributed by atoms with Gasteiger partial charge >= 0.3 is 0 Å². The number of carbonyl (C=O) groups excluding carboxylic acids is 1. The Labute approximate surface area is 95.6 Å². The van der Waals surface area contributed by atoms with Crippen molar-refractivity contribution < 1.29 is 9.18 Å². The van der Waals surface area contributed by atoms with Crippen LogP contribution < -0.4 is 0 Å².